The van der Waals surface area contributed by atoms with E-state index in [-0.39, 0.29) is 6.10 Å². The molecule has 4 fully saturated rings. The van der Waals surface area contributed by atoms with Crippen LogP contribution in [0.25, 0.3) is 0 Å². The summed E-state index contributed by atoms with van der Waals surface area (Å²) in [5.74, 6) is 3.80. The molecule has 0 aromatic carbocycles. The molecule has 4 rings (SSSR count). The second kappa shape index (κ2) is 5.23. The van der Waals surface area contributed by atoms with Gasteiger partial charge in [0, 0.05) is 7.11 Å². The van der Waals surface area contributed by atoms with Crippen LogP contribution < -0.4 is 0 Å². The number of ether oxygens (including phenoxy) is 1. The highest BCUT2D eigenvalue weighted by molar-refractivity contribution is 5.05. The zero-order chi connectivity index (χ0) is 14.6. The van der Waals surface area contributed by atoms with Crippen molar-refractivity contribution in [3.05, 3.63) is 0 Å². The monoisotopic (exact) mass is 292 g/mol. The number of hydrogen-bond donors (Lipinski definition) is 1. The average molecular weight is 292 g/mol. The fourth-order valence-corrected chi connectivity index (χ4v) is 7.14. The summed E-state index contributed by atoms with van der Waals surface area (Å²) >= 11 is 0. The molecular weight excluding hydrogens is 260 g/mol. The molecule has 8 atom stereocenters. The van der Waals surface area contributed by atoms with Gasteiger partial charge in [-0.2, -0.15) is 0 Å². The summed E-state index contributed by atoms with van der Waals surface area (Å²) in [6.07, 6.45) is 12.2. The van der Waals surface area contributed by atoms with Gasteiger partial charge < -0.3 is 9.84 Å². The molecule has 2 heteroatoms. The Hall–Kier alpha value is -0.0800. The van der Waals surface area contributed by atoms with Crippen LogP contribution in [0.1, 0.15) is 64.7 Å². The summed E-state index contributed by atoms with van der Waals surface area (Å²) in [5, 5.41) is 10.7. The molecule has 0 aromatic heterocycles. The summed E-state index contributed by atoms with van der Waals surface area (Å²) in [4.78, 5) is 0. The molecule has 0 spiro atoms. The Morgan fingerprint density at radius 3 is 2.52 bits per heavy atom. The van der Waals surface area contributed by atoms with Gasteiger partial charge in [-0.1, -0.05) is 13.3 Å². The molecule has 4 saturated carbocycles. The van der Waals surface area contributed by atoms with Gasteiger partial charge in [0.1, 0.15) is 0 Å². The van der Waals surface area contributed by atoms with Crippen LogP contribution in [0.2, 0.25) is 0 Å². The van der Waals surface area contributed by atoms with Crippen molar-refractivity contribution in [1.82, 2.24) is 0 Å². The van der Waals surface area contributed by atoms with Gasteiger partial charge in [0.2, 0.25) is 0 Å². The van der Waals surface area contributed by atoms with Crippen LogP contribution in [-0.4, -0.2) is 24.4 Å². The minimum Gasteiger partial charge on any atom is -0.393 e. The van der Waals surface area contributed by atoms with Crippen LogP contribution in [0.15, 0.2) is 0 Å². The Morgan fingerprint density at radius 2 is 1.71 bits per heavy atom. The normalized spacial score (nSPS) is 56.4. The molecule has 0 aliphatic heterocycles. The van der Waals surface area contributed by atoms with E-state index in [2.05, 4.69) is 6.92 Å². The molecule has 3 unspecified atom stereocenters. The predicted molar refractivity (Wildman–Crippen MR) is 83.9 cm³/mol. The highest BCUT2D eigenvalue weighted by atomic mass is 16.5. The summed E-state index contributed by atoms with van der Waals surface area (Å²) in [5.41, 5.74) is 0.633. The van der Waals surface area contributed by atoms with E-state index in [4.69, 9.17) is 4.74 Å². The third-order valence-electron chi connectivity index (χ3n) is 8.07. The highest BCUT2D eigenvalue weighted by Crippen LogP contribution is 2.62. The van der Waals surface area contributed by atoms with E-state index in [1.54, 1.807) is 0 Å². The first-order chi connectivity index (χ1) is 10.1. The maximum absolute atomic E-state index is 10.7. The molecule has 0 radical (unpaired) electrons. The lowest BCUT2D eigenvalue weighted by Crippen LogP contribution is -2.54. The van der Waals surface area contributed by atoms with Crippen LogP contribution in [0.5, 0.6) is 0 Å². The summed E-state index contributed by atoms with van der Waals surface area (Å²) in [6.45, 7) is 2.56. The van der Waals surface area contributed by atoms with Crippen LogP contribution in [-0.2, 0) is 4.74 Å². The van der Waals surface area contributed by atoms with Gasteiger partial charge in [0.15, 0.2) is 0 Å². The smallest absolute Gasteiger partial charge is 0.0604 e. The van der Waals surface area contributed by atoms with Gasteiger partial charge in [-0.05, 0) is 86.4 Å². The summed E-state index contributed by atoms with van der Waals surface area (Å²) in [6, 6.07) is 0. The maximum Gasteiger partial charge on any atom is 0.0604 e. The lowest BCUT2D eigenvalue weighted by molar-refractivity contribution is -0.140. The third-order valence-corrected chi connectivity index (χ3v) is 8.07. The number of aliphatic hydroxyl groups is 1. The Kier molecular flexibility index (Phi) is 3.61. The Balaban J connectivity index is 1.60. The van der Waals surface area contributed by atoms with Crippen LogP contribution in [0.4, 0.5) is 0 Å². The fraction of sp³-hybridized carbons (Fsp3) is 1.00. The predicted octanol–water partition coefficient (Wildman–Crippen LogP) is 4.01. The molecule has 1 N–H and O–H groups in total. The number of methoxy groups -OCH3 is 1. The van der Waals surface area contributed by atoms with Crippen molar-refractivity contribution in [3.63, 3.8) is 0 Å². The minimum absolute atomic E-state index is 0.0556. The number of fused-ring (bicyclic) bond motifs is 5. The highest BCUT2D eigenvalue weighted by Gasteiger charge is 2.56. The van der Waals surface area contributed by atoms with E-state index in [0.717, 1.165) is 30.6 Å². The largest absolute Gasteiger partial charge is 0.393 e. The van der Waals surface area contributed by atoms with Crippen molar-refractivity contribution in [2.24, 2.45) is 35.0 Å². The van der Waals surface area contributed by atoms with Gasteiger partial charge in [-0.15, -0.1) is 0 Å². The molecule has 4 aliphatic carbocycles. The van der Waals surface area contributed by atoms with Crippen LogP contribution >= 0.6 is 0 Å². The van der Waals surface area contributed by atoms with Gasteiger partial charge in [-0.25, -0.2) is 0 Å². The van der Waals surface area contributed by atoms with Crippen molar-refractivity contribution in [1.29, 1.82) is 0 Å². The number of rotatable bonds is 1. The topological polar surface area (TPSA) is 29.5 Å². The standard InChI is InChI=1S/C19H32O2/c1-19-10-3-4-15(19)12-5-6-14-17(21-2)8-7-16(20)18(14)13(12)9-11-19/h12-18,20H,3-11H2,1-2H3/t12-,13+,14?,15+,16?,17?,18-,19+/m1/s1. The van der Waals surface area contributed by atoms with E-state index in [9.17, 15) is 5.11 Å². The van der Waals surface area contributed by atoms with Crippen LogP contribution in [0.3, 0.4) is 0 Å². The quantitative estimate of drug-likeness (QED) is 0.791. The van der Waals surface area contributed by atoms with Gasteiger partial charge in [-0.3, -0.25) is 0 Å². The molecule has 120 valence electrons. The van der Waals surface area contributed by atoms with Gasteiger partial charge in [0.25, 0.3) is 0 Å². The van der Waals surface area contributed by atoms with Crippen molar-refractivity contribution < 1.29 is 9.84 Å². The molecule has 2 nitrogen and oxygen atoms in total. The van der Waals surface area contributed by atoms with E-state index >= 15 is 0 Å². The molecule has 4 aliphatic rings. The fourth-order valence-electron chi connectivity index (χ4n) is 7.14. The molecule has 0 aromatic rings. The van der Waals surface area contributed by atoms with E-state index in [0.29, 0.717) is 23.4 Å². The Labute approximate surface area is 129 Å². The van der Waals surface area contributed by atoms with E-state index < -0.39 is 0 Å². The maximum atomic E-state index is 10.7. The second-order valence-corrected chi connectivity index (χ2v) is 8.76. The third kappa shape index (κ3) is 2.12. The zero-order valence-electron chi connectivity index (χ0n) is 13.8. The minimum atomic E-state index is -0.0556. The summed E-state index contributed by atoms with van der Waals surface area (Å²) in [7, 11) is 1.88. The van der Waals surface area contributed by atoms with Crippen molar-refractivity contribution in [3.8, 4) is 0 Å². The summed E-state index contributed by atoms with van der Waals surface area (Å²) < 4.78 is 5.78. The molecule has 0 heterocycles. The zero-order valence-corrected chi connectivity index (χ0v) is 13.8. The molecule has 0 saturated heterocycles. The lowest BCUT2D eigenvalue weighted by atomic mass is 9.50. The Bertz CT molecular complexity index is 395. The van der Waals surface area contributed by atoms with Crippen LogP contribution in [0, 0.1) is 35.0 Å². The molecule has 21 heavy (non-hydrogen) atoms. The first kappa shape index (κ1) is 14.5. The van der Waals surface area contributed by atoms with E-state index in [1.165, 1.54) is 44.9 Å². The van der Waals surface area contributed by atoms with Gasteiger partial charge in [0.05, 0.1) is 12.2 Å². The van der Waals surface area contributed by atoms with E-state index in [1.807, 2.05) is 7.11 Å². The number of aliphatic hydroxyl groups excluding tert-OH is 1. The van der Waals surface area contributed by atoms with Crippen molar-refractivity contribution in [2.45, 2.75) is 76.9 Å². The van der Waals surface area contributed by atoms with Crippen molar-refractivity contribution in [2.75, 3.05) is 7.11 Å². The molecular formula is C19H32O2. The number of hydrogen-bond acceptors (Lipinski definition) is 2. The second-order valence-electron chi connectivity index (χ2n) is 8.76. The van der Waals surface area contributed by atoms with Crippen molar-refractivity contribution >= 4 is 0 Å². The first-order valence-electron chi connectivity index (χ1n) is 9.35. The molecule has 0 bridgehead atoms. The lowest BCUT2D eigenvalue weighted by Gasteiger charge is -2.57. The SMILES string of the molecule is COC1CCC(O)[C@H]2C1CC[C@@H]1[C@@H]2CC[C@]2(C)CCC[C@@H]12. The molecule has 0 amide bonds. The Morgan fingerprint density at radius 1 is 0.905 bits per heavy atom. The first-order valence-corrected chi connectivity index (χ1v) is 9.35. The average Bonchev–Trinajstić information content (AvgIpc) is 2.89. The van der Waals surface area contributed by atoms with Gasteiger partial charge >= 0.3 is 0 Å².